The van der Waals surface area contributed by atoms with Crippen LogP contribution in [0.25, 0.3) is 0 Å². The summed E-state index contributed by atoms with van der Waals surface area (Å²) in [5.74, 6) is 0.836. The molecule has 0 aromatic rings. The Morgan fingerprint density at radius 3 is 2.85 bits per heavy atom. The van der Waals surface area contributed by atoms with Crippen LogP contribution in [-0.2, 0) is 4.79 Å². The Hall–Kier alpha value is -0.850. The average molecular weight is 178 g/mol. The lowest BCUT2D eigenvalue weighted by Crippen LogP contribution is -2.08. The molecule has 1 rings (SSSR count). The molecular weight excluding hydrogens is 160 g/mol. The summed E-state index contributed by atoms with van der Waals surface area (Å²) in [7, 11) is 0. The zero-order chi connectivity index (χ0) is 9.68. The summed E-state index contributed by atoms with van der Waals surface area (Å²) < 4.78 is 0. The van der Waals surface area contributed by atoms with Crippen LogP contribution < -0.4 is 0 Å². The molecule has 0 aromatic heterocycles. The molecule has 0 spiro atoms. The Balaban J connectivity index is 2.60. The first kappa shape index (κ1) is 10.2. The number of rotatable bonds is 4. The van der Waals surface area contributed by atoms with Crippen molar-refractivity contribution < 1.29 is 4.79 Å². The zero-order valence-electron chi connectivity index (χ0n) is 8.55. The molecular formula is C12H18O. The Bertz CT molecular complexity index is 236. The van der Waals surface area contributed by atoms with Crippen molar-refractivity contribution in [1.82, 2.24) is 0 Å². The van der Waals surface area contributed by atoms with Crippen LogP contribution in [0.3, 0.4) is 0 Å². The van der Waals surface area contributed by atoms with Crippen molar-refractivity contribution in [2.45, 2.75) is 39.5 Å². The first-order valence-electron chi connectivity index (χ1n) is 5.14. The average Bonchev–Trinajstić information content (AvgIpc) is 2.54. The van der Waals surface area contributed by atoms with Crippen molar-refractivity contribution in [1.29, 1.82) is 0 Å². The molecule has 1 atom stereocenters. The molecule has 0 N–H and O–H groups in total. The molecule has 1 nitrogen and oxygen atoms in total. The van der Waals surface area contributed by atoms with Gasteiger partial charge in [0, 0.05) is 6.42 Å². The normalized spacial score (nSPS) is 19.5. The topological polar surface area (TPSA) is 17.1 Å². The standard InChI is InChI=1S/C12H18O/c1-3-5-7-10(4-2)11-8-6-9-12(11)13/h3,5,8,10H,4,6-7,9H2,1-2H3/b5-3-. The molecule has 0 heterocycles. The third kappa shape index (κ3) is 2.55. The summed E-state index contributed by atoms with van der Waals surface area (Å²) in [4.78, 5) is 11.4. The van der Waals surface area contributed by atoms with Gasteiger partial charge in [-0.25, -0.2) is 0 Å². The Kier molecular flexibility index (Phi) is 3.94. The number of Topliss-reactive ketones (excluding diaryl/α,β-unsaturated/α-hetero) is 1. The second kappa shape index (κ2) is 5.00. The monoisotopic (exact) mass is 178 g/mol. The van der Waals surface area contributed by atoms with E-state index in [1.165, 1.54) is 0 Å². The van der Waals surface area contributed by atoms with Gasteiger partial charge in [-0.3, -0.25) is 4.79 Å². The lowest BCUT2D eigenvalue weighted by molar-refractivity contribution is -0.115. The number of hydrogen-bond donors (Lipinski definition) is 0. The van der Waals surface area contributed by atoms with Crippen molar-refractivity contribution in [3.05, 3.63) is 23.8 Å². The number of allylic oxidation sites excluding steroid dienone is 4. The molecule has 0 fully saturated rings. The summed E-state index contributed by atoms with van der Waals surface area (Å²) in [6.45, 7) is 4.18. The van der Waals surface area contributed by atoms with Gasteiger partial charge in [-0.05, 0) is 37.7 Å². The Labute approximate surface area is 80.5 Å². The van der Waals surface area contributed by atoms with Crippen molar-refractivity contribution in [2.24, 2.45) is 5.92 Å². The van der Waals surface area contributed by atoms with E-state index in [9.17, 15) is 4.79 Å². The Morgan fingerprint density at radius 2 is 2.38 bits per heavy atom. The number of carbonyl (C=O) groups excluding carboxylic acids is 1. The van der Waals surface area contributed by atoms with E-state index in [4.69, 9.17) is 0 Å². The van der Waals surface area contributed by atoms with E-state index in [-0.39, 0.29) is 0 Å². The molecule has 0 aliphatic heterocycles. The summed E-state index contributed by atoms with van der Waals surface area (Å²) in [6, 6.07) is 0. The second-order valence-electron chi connectivity index (χ2n) is 3.53. The maximum Gasteiger partial charge on any atom is 0.159 e. The van der Waals surface area contributed by atoms with Crippen LogP contribution in [0.15, 0.2) is 23.8 Å². The van der Waals surface area contributed by atoms with Gasteiger partial charge in [-0.15, -0.1) is 0 Å². The lowest BCUT2D eigenvalue weighted by atomic mass is 9.92. The summed E-state index contributed by atoms with van der Waals surface area (Å²) >= 11 is 0. The molecule has 0 amide bonds. The van der Waals surface area contributed by atoms with Gasteiger partial charge in [-0.1, -0.05) is 25.2 Å². The minimum Gasteiger partial charge on any atom is -0.295 e. The summed E-state index contributed by atoms with van der Waals surface area (Å²) in [5, 5.41) is 0. The zero-order valence-corrected chi connectivity index (χ0v) is 8.55. The van der Waals surface area contributed by atoms with Crippen molar-refractivity contribution >= 4 is 5.78 Å². The van der Waals surface area contributed by atoms with Gasteiger partial charge in [-0.2, -0.15) is 0 Å². The van der Waals surface area contributed by atoms with E-state index >= 15 is 0 Å². The first-order valence-corrected chi connectivity index (χ1v) is 5.14. The molecule has 0 aromatic carbocycles. The van der Waals surface area contributed by atoms with Gasteiger partial charge in [0.1, 0.15) is 0 Å². The maximum atomic E-state index is 11.4. The fourth-order valence-electron chi connectivity index (χ4n) is 1.83. The number of hydrogen-bond acceptors (Lipinski definition) is 1. The van der Waals surface area contributed by atoms with Gasteiger partial charge in [0.05, 0.1) is 0 Å². The van der Waals surface area contributed by atoms with Crippen LogP contribution in [0, 0.1) is 5.92 Å². The highest BCUT2D eigenvalue weighted by Gasteiger charge is 2.21. The second-order valence-corrected chi connectivity index (χ2v) is 3.53. The largest absolute Gasteiger partial charge is 0.295 e. The van der Waals surface area contributed by atoms with Gasteiger partial charge in [0.2, 0.25) is 0 Å². The molecule has 13 heavy (non-hydrogen) atoms. The van der Waals surface area contributed by atoms with Gasteiger partial charge >= 0.3 is 0 Å². The lowest BCUT2D eigenvalue weighted by Gasteiger charge is -2.12. The highest BCUT2D eigenvalue weighted by atomic mass is 16.1. The first-order chi connectivity index (χ1) is 6.29. The van der Waals surface area contributed by atoms with Crippen molar-refractivity contribution in [2.75, 3.05) is 0 Å². The van der Waals surface area contributed by atoms with Crippen LogP contribution in [0.2, 0.25) is 0 Å². The third-order valence-corrected chi connectivity index (χ3v) is 2.65. The van der Waals surface area contributed by atoms with Crippen LogP contribution >= 0.6 is 0 Å². The fourth-order valence-corrected chi connectivity index (χ4v) is 1.83. The predicted octanol–water partition coefficient (Wildman–Crippen LogP) is 3.27. The number of carbonyl (C=O) groups is 1. The van der Waals surface area contributed by atoms with E-state index in [1.54, 1.807) is 0 Å². The van der Waals surface area contributed by atoms with E-state index in [2.05, 4.69) is 25.2 Å². The highest BCUT2D eigenvalue weighted by molar-refractivity contribution is 5.97. The van der Waals surface area contributed by atoms with E-state index in [1.807, 2.05) is 6.92 Å². The van der Waals surface area contributed by atoms with Crippen LogP contribution in [0.4, 0.5) is 0 Å². The van der Waals surface area contributed by atoms with Gasteiger partial charge in [0.25, 0.3) is 0 Å². The van der Waals surface area contributed by atoms with Crippen LogP contribution in [-0.4, -0.2) is 5.78 Å². The predicted molar refractivity (Wildman–Crippen MR) is 55.5 cm³/mol. The SMILES string of the molecule is C/C=C\CC(CC)C1=CCCC1=O. The van der Waals surface area contributed by atoms with Crippen LogP contribution in [0.1, 0.15) is 39.5 Å². The third-order valence-electron chi connectivity index (χ3n) is 2.65. The van der Waals surface area contributed by atoms with E-state index < -0.39 is 0 Å². The Morgan fingerprint density at radius 1 is 1.62 bits per heavy atom. The quantitative estimate of drug-likeness (QED) is 0.604. The van der Waals surface area contributed by atoms with Crippen molar-refractivity contribution in [3.63, 3.8) is 0 Å². The molecule has 0 bridgehead atoms. The molecule has 0 radical (unpaired) electrons. The van der Waals surface area contributed by atoms with E-state index in [0.717, 1.165) is 31.3 Å². The highest BCUT2D eigenvalue weighted by Crippen LogP contribution is 2.27. The summed E-state index contributed by atoms with van der Waals surface area (Å²) in [6.07, 6.45) is 10.1. The fraction of sp³-hybridized carbons (Fsp3) is 0.583. The van der Waals surface area contributed by atoms with Crippen LogP contribution in [0.5, 0.6) is 0 Å². The minimum absolute atomic E-state index is 0.372. The maximum absolute atomic E-state index is 11.4. The molecule has 1 unspecified atom stereocenters. The molecule has 0 saturated heterocycles. The van der Waals surface area contributed by atoms with Gasteiger partial charge < -0.3 is 0 Å². The van der Waals surface area contributed by atoms with E-state index in [0.29, 0.717) is 11.7 Å². The smallest absolute Gasteiger partial charge is 0.159 e. The van der Waals surface area contributed by atoms with Gasteiger partial charge in [0.15, 0.2) is 5.78 Å². The molecule has 72 valence electrons. The minimum atomic E-state index is 0.372. The molecule has 1 aliphatic carbocycles. The molecule has 1 aliphatic rings. The number of ketones is 1. The van der Waals surface area contributed by atoms with Crippen molar-refractivity contribution in [3.8, 4) is 0 Å². The molecule has 1 heteroatoms. The molecule has 0 saturated carbocycles. The summed E-state index contributed by atoms with van der Waals surface area (Å²) in [5.41, 5.74) is 1.08.